The van der Waals surface area contributed by atoms with Gasteiger partial charge >= 0.3 is 0 Å². The molecule has 0 fully saturated rings. The average molecular weight is 346 g/mol. The van der Waals surface area contributed by atoms with Gasteiger partial charge in [0.15, 0.2) is 0 Å². The Hall–Kier alpha value is -2.94. The molecule has 0 heterocycles. The Balaban J connectivity index is 1.87. The van der Waals surface area contributed by atoms with E-state index in [1.807, 2.05) is 60.7 Å². The number of carbonyl (C=O) groups excluding carboxylic acids is 1. The maximum absolute atomic E-state index is 12.1. The highest BCUT2D eigenvalue weighted by Gasteiger charge is 2.04. The molecular weight excluding hydrogens is 320 g/mol. The largest absolute Gasteiger partial charge is 0.271 e. The number of amides is 1. The zero-order valence-electron chi connectivity index (χ0n) is 15.7. The molecule has 3 heteroatoms. The summed E-state index contributed by atoms with van der Waals surface area (Å²) in [5.74, 6) is -0.212. The molecule has 1 N–H and O–H groups in total. The number of benzene rings is 2. The quantitative estimate of drug-likeness (QED) is 0.386. The fourth-order valence-corrected chi connectivity index (χ4v) is 2.44. The summed E-state index contributed by atoms with van der Waals surface area (Å²) in [4.78, 5) is 12.1. The Morgan fingerprint density at radius 2 is 1.62 bits per heavy atom. The van der Waals surface area contributed by atoms with Crippen LogP contribution in [0.2, 0.25) is 0 Å². The van der Waals surface area contributed by atoms with Crippen LogP contribution < -0.4 is 5.43 Å². The second-order valence-electron chi connectivity index (χ2n) is 6.50. The molecule has 134 valence electrons. The van der Waals surface area contributed by atoms with Crippen LogP contribution in [0.25, 0.3) is 11.1 Å². The molecule has 3 nitrogen and oxygen atoms in total. The van der Waals surface area contributed by atoms with E-state index in [4.69, 9.17) is 0 Å². The lowest BCUT2D eigenvalue weighted by Gasteiger charge is -2.03. The smallest absolute Gasteiger partial charge is 0.267 e. The number of hydrogen-bond donors (Lipinski definition) is 1. The van der Waals surface area contributed by atoms with Crippen LogP contribution in [0.1, 0.15) is 44.0 Å². The highest BCUT2D eigenvalue weighted by Crippen LogP contribution is 2.19. The lowest BCUT2D eigenvalue weighted by Crippen LogP contribution is -2.17. The first-order valence-corrected chi connectivity index (χ1v) is 8.84. The van der Waals surface area contributed by atoms with E-state index in [0.717, 1.165) is 24.0 Å². The molecule has 26 heavy (non-hydrogen) atoms. The van der Waals surface area contributed by atoms with E-state index in [9.17, 15) is 4.79 Å². The fourth-order valence-electron chi connectivity index (χ4n) is 2.44. The van der Waals surface area contributed by atoms with E-state index in [1.165, 1.54) is 11.1 Å². The third-order valence-electron chi connectivity index (χ3n) is 3.95. The Labute approximate surface area is 156 Å². The van der Waals surface area contributed by atoms with Gasteiger partial charge in [0, 0.05) is 11.8 Å². The molecular formula is C23H26N2O. The van der Waals surface area contributed by atoms with Gasteiger partial charge in [-0.05, 0) is 62.9 Å². The molecule has 0 atom stereocenters. The van der Waals surface area contributed by atoms with Crippen LogP contribution in [0, 0.1) is 0 Å². The number of hydrogen-bond acceptors (Lipinski definition) is 2. The summed E-state index contributed by atoms with van der Waals surface area (Å²) >= 11 is 0. The summed E-state index contributed by atoms with van der Waals surface area (Å²) in [6.07, 6.45) is 7.80. The van der Waals surface area contributed by atoms with E-state index in [2.05, 4.69) is 37.4 Å². The van der Waals surface area contributed by atoms with Gasteiger partial charge in [-0.15, -0.1) is 0 Å². The van der Waals surface area contributed by atoms with Crippen molar-refractivity contribution in [1.82, 2.24) is 5.43 Å². The molecule has 2 aromatic carbocycles. The van der Waals surface area contributed by atoms with Gasteiger partial charge in [0.25, 0.3) is 5.91 Å². The van der Waals surface area contributed by atoms with E-state index in [1.54, 1.807) is 6.21 Å². The van der Waals surface area contributed by atoms with Gasteiger partial charge in [-0.3, -0.25) is 4.79 Å². The summed E-state index contributed by atoms with van der Waals surface area (Å²) < 4.78 is 0. The first kappa shape index (κ1) is 19.4. The molecule has 0 aromatic heterocycles. The maximum Gasteiger partial charge on any atom is 0.271 e. The summed E-state index contributed by atoms with van der Waals surface area (Å²) in [7, 11) is 0. The minimum Gasteiger partial charge on any atom is -0.267 e. The zero-order chi connectivity index (χ0) is 18.8. The van der Waals surface area contributed by atoms with Crippen LogP contribution in [-0.4, -0.2) is 12.1 Å². The number of carbonyl (C=O) groups is 1. The van der Waals surface area contributed by atoms with Crippen molar-refractivity contribution in [3.63, 3.8) is 0 Å². The normalized spacial score (nSPS) is 11.4. The van der Waals surface area contributed by atoms with Crippen molar-refractivity contribution in [2.75, 3.05) is 0 Å². The van der Waals surface area contributed by atoms with Crippen LogP contribution >= 0.6 is 0 Å². The van der Waals surface area contributed by atoms with Crippen molar-refractivity contribution in [2.45, 2.75) is 33.6 Å². The predicted octanol–water partition coefficient (Wildman–Crippen LogP) is 5.76. The van der Waals surface area contributed by atoms with Crippen molar-refractivity contribution < 1.29 is 4.79 Å². The first-order valence-electron chi connectivity index (χ1n) is 8.84. The highest BCUT2D eigenvalue weighted by molar-refractivity contribution is 5.95. The van der Waals surface area contributed by atoms with Crippen LogP contribution in [0.4, 0.5) is 0 Å². The maximum atomic E-state index is 12.1. The highest BCUT2D eigenvalue weighted by atomic mass is 16.2. The molecule has 0 aliphatic heterocycles. The minimum absolute atomic E-state index is 0.212. The van der Waals surface area contributed by atoms with Gasteiger partial charge in [0.1, 0.15) is 0 Å². The Kier molecular flexibility index (Phi) is 7.56. The molecule has 0 saturated carbocycles. The van der Waals surface area contributed by atoms with Gasteiger partial charge in [-0.1, -0.05) is 59.7 Å². The molecule has 0 bridgehead atoms. The van der Waals surface area contributed by atoms with Crippen molar-refractivity contribution in [3.8, 4) is 11.1 Å². The van der Waals surface area contributed by atoms with Crippen molar-refractivity contribution in [1.29, 1.82) is 0 Å². The van der Waals surface area contributed by atoms with Crippen LogP contribution in [0.15, 0.2) is 83.0 Å². The lowest BCUT2D eigenvalue weighted by molar-refractivity contribution is 0.0955. The van der Waals surface area contributed by atoms with Crippen molar-refractivity contribution >= 4 is 12.1 Å². The average Bonchev–Trinajstić information content (AvgIpc) is 2.65. The molecule has 0 saturated heterocycles. The number of nitrogens with one attached hydrogen (secondary N) is 1. The van der Waals surface area contributed by atoms with Crippen molar-refractivity contribution in [2.24, 2.45) is 5.10 Å². The number of hydrazone groups is 1. The summed E-state index contributed by atoms with van der Waals surface area (Å²) in [6, 6.07) is 17.6. The molecule has 0 unspecified atom stereocenters. The van der Waals surface area contributed by atoms with Crippen molar-refractivity contribution in [3.05, 3.63) is 83.5 Å². The fraction of sp³-hybridized carbons (Fsp3) is 0.217. The molecule has 1 amide bonds. The summed E-state index contributed by atoms with van der Waals surface area (Å²) in [5, 5.41) is 4.00. The van der Waals surface area contributed by atoms with Crippen LogP contribution in [-0.2, 0) is 0 Å². The summed E-state index contributed by atoms with van der Waals surface area (Å²) in [6.45, 7) is 6.26. The molecule has 2 aromatic rings. The van der Waals surface area contributed by atoms with E-state index < -0.39 is 0 Å². The standard InChI is InChI=1S/C23H26N2O/c1-18(2)8-7-9-19(3)16-17-24-25-23(26)22-14-12-21(13-15-22)20-10-5-4-6-11-20/h4-6,8,10-17H,7,9H2,1-3H3,(H,25,26). The predicted molar refractivity (Wildman–Crippen MR) is 110 cm³/mol. The van der Waals surface area contributed by atoms with E-state index in [0.29, 0.717) is 5.56 Å². The molecule has 0 aliphatic carbocycles. The third kappa shape index (κ3) is 6.52. The molecule has 0 radical (unpaired) electrons. The van der Waals surface area contributed by atoms with Gasteiger partial charge in [0.2, 0.25) is 0 Å². The van der Waals surface area contributed by atoms with Crippen LogP contribution in [0.5, 0.6) is 0 Å². The van der Waals surface area contributed by atoms with Gasteiger partial charge in [-0.25, -0.2) is 5.43 Å². The van der Waals surface area contributed by atoms with Gasteiger partial charge < -0.3 is 0 Å². The third-order valence-corrected chi connectivity index (χ3v) is 3.95. The molecule has 0 spiro atoms. The number of rotatable bonds is 7. The second kappa shape index (κ2) is 10.1. The zero-order valence-corrected chi connectivity index (χ0v) is 15.7. The van der Waals surface area contributed by atoms with E-state index >= 15 is 0 Å². The Bertz CT molecular complexity index is 796. The van der Waals surface area contributed by atoms with Gasteiger partial charge in [-0.2, -0.15) is 5.10 Å². The van der Waals surface area contributed by atoms with Crippen LogP contribution in [0.3, 0.4) is 0 Å². The lowest BCUT2D eigenvalue weighted by atomic mass is 10.0. The second-order valence-corrected chi connectivity index (χ2v) is 6.50. The summed E-state index contributed by atoms with van der Waals surface area (Å²) in [5.41, 5.74) is 7.93. The minimum atomic E-state index is -0.212. The van der Waals surface area contributed by atoms with Gasteiger partial charge in [0.05, 0.1) is 0 Å². The SMILES string of the molecule is CC(C)=CCCC(C)=CC=NNC(=O)c1ccc(-c2ccccc2)cc1. The Morgan fingerprint density at radius 1 is 0.962 bits per heavy atom. The molecule has 0 aliphatic rings. The first-order chi connectivity index (χ1) is 12.6. The number of nitrogens with zero attached hydrogens (tertiary/aromatic N) is 1. The monoisotopic (exact) mass is 346 g/mol. The Morgan fingerprint density at radius 3 is 2.27 bits per heavy atom. The van der Waals surface area contributed by atoms with E-state index in [-0.39, 0.29) is 5.91 Å². The molecule has 2 rings (SSSR count). The topological polar surface area (TPSA) is 41.5 Å². The number of allylic oxidation sites excluding steroid dienone is 4.